The van der Waals surface area contributed by atoms with E-state index in [2.05, 4.69) is 5.10 Å². The normalized spacial score (nSPS) is 15.8. The van der Waals surface area contributed by atoms with Crippen molar-refractivity contribution < 1.29 is 13.9 Å². The second-order valence-electron chi connectivity index (χ2n) is 3.10. The Hall–Kier alpha value is -1.62. The minimum Gasteiger partial charge on any atom is -0.469 e. The van der Waals surface area contributed by atoms with Gasteiger partial charge in [0.25, 0.3) is 5.91 Å². The smallest absolute Gasteiger partial charge is 0.285 e. The van der Waals surface area contributed by atoms with Crippen molar-refractivity contribution in [3.05, 3.63) is 30.1 Å². The van der Waals surface area contributed by atoms with Crippen molar-refractivity contribution in [2.24, 2.45) is 5.10 Å². The number of nitrogens with zero attached hydrogens (tertiary/aromatic N) is 2. The molecule has 0 aromatic heterocycles. The zero-order valence-electron chi connectivity index (χ0n) is 8.19. The molecule has 0 atom stereocenters. The largest absolute Gasteiger partial charge is 0.469 e. The van der Waals surface area contributed by atoms with Gasteiger partial charge in [-0.15, -0.1) is 16.7 Å². The molecule has 4 nitrogen and oxygen atoms in total. The lowest BCUT2D eigenvalue weighted by Crippen LogP contribution is -2.37. The van der Waals surface area contributed by atoms with Crippen molar-refractivity contribution in [3.8, 4) is 0 Å². The second-order valence-corrected chi connectivity index (χ2v) is 3.37. The zero-order valence-corrected chi connectivity index (χ0v) is 8.95. The van der Waals surface area contributed by atoms with Gasteiger partial charge in [0.1, 0.15) is 11.7 Å². The first-order valence-corrected chi connectivity index (χ1v) is 5.09. The van der Waals surface area contributed by atoms with Gasteiger partial charge in [-0.05, 0) is 24.3 Å². The Labute approximate surface area is 96.3 Å². The Bertz CT molecular complexity index is 433. The molecule has 84 valence electrons. The summed E-state index contributed by atoms with van der Waals surface area (Å²) >= 11 is 5.55. The lowest BCUT2D eigenvalue weighted by atomic mass is 10.3. The highest BCUT2D eigenvalue weighted by Gasteiger charge is 2.22. The standard InChI is InChI=1S/C10H8ClFN2O2/c11-5-9-13-14(10(15)6-16-9)8-3-1-7(12)2-4-8/h1-4H,5-6H2. The van der Waals surface area contributed by atoms with E-state index in [4.69, 9.17) is 16.3 Å². The van der Waals surface area contributed by atoms with Crippen molar-refractivity contribution in [1.29, 1.82) is 0 Å². The summed E-state index contributed by atoms with van der Waals surface area (Å²) in [5, 5.41) is 5.06. The highest BCUT2D eigenvalue weighted by molar-refractivity contribution is 6.27. The summed E-state index contributed by atoms with van der Waals surface area (Å²) in [4.78, 5) is 11.5. The second kappa shape index (κ2) is 4.49. The molecule has 0 radical (unpaired) electrons. The highest BCUT2D eigenvalue weighted by Crippen LogP contribution is 2.18. The van der Waals surface area contributed by atoms with Crippen molar-refractivity contribution in [3.63, 3.8) is 0 Å². The van der Waals surface area contributed by atoms with Crippen molar-refractivity contribution in [1.82, 2.24) is 0 Å². The number of carbonyl (C=O) groups excluding carboxylic acids is 1. The number of carbonyl (C=O) groups is 1. The number of benzene rings is 1. The van der Waals surface area contributed by atoms with E-state index in [1.807, 2.05) is 0 Å². The average molecular weight is 243 g/mol. The van der Waals surface area contributed by atoms with Crippen LogP contribution in [-0.2, 0) is 9.53 Å². The molecule has 6 heteroatoms. The first-order valence-electron chi connectivity index (χ1n) is 4.55. The van der Waals surface area contributed by atoms with Gasteiger partial charge in [-0.1, -0.05) is 0 Å². The van der Waals surface area contributed by atoms with Crippen LogP contribution in [0.2, 0.25) is 0 Å². The lowest BCUT2D eigenvalue weighted by molar-refractivity contribution is -0.121. The number of amides is 1. The van der Waals surface area contributed by atoms with Gasteiger partial charge in [-0.2, -0.15) is 5.01 Å². The minimum atomic E-state index is -0.369. The number of anilines is 1. The fraction of sp³-hybridized carbons (Fsp3) is 0.200. The SMILES string of the molecule is O=C1COC(CCl)=NN1c1ccc(F)cc1. The Balaban J connectivity index is 2.31. The maximum absolute atomic E-state index is 12.7. The van der Waals surface area contributed by atoms with E-state index in [0.29, 0.717) is 5.69 Å². The highest BCUT2D eigenvalue weighted by atomic mass is 35.5. The van der Waals surface area contributed by atoms with Crippen LogP contribution in [-0.4, -0.2) is 24.3 Å². The third-order valence-electron chi connectivity index (χ3n) is 2.00. The molecule has 0 saturated heterocycles. The van der Waals surface area contributed by atoms with Gasteiger partial charge in [0.2, 0.25) is 5.90 Å². The predicted molar refractivity (Wildman–Crippen MR) is 58.0 cm³/mol. The molecule has 1 aromatic carbocycles. The van der Waals surface area contributed by atoms with E-state index < -0.39 is 0 Å². The van der Waals surface area contributed by atoms with Gasteiger partial charge in [0, 0.05) is 0 Å². The third kappa shape index (κ3) is 2.14. The van der Waals surface area contributed by atoms with Crippen LogP contribution in [0.25, 0.3) is 0 Å². The van der Waals surface area contributed by atoms with Gasteiger partial charge in [0.05, 0.1) is 5.69 Å². The maximum Gasteiger partial charge on any atom is 0.285 e. The molecule has 1 heterocycles. The van der Waals surface area contributed by atoms with Gasteiger partial charge in [0.15, 0.2) is 6.61 Å². The fourth-order valence-corrected chi connectivity index (χ4v) is 1.38. The molecule has 2 rings (SSSR count). The first-order chi connectivity index (χ1) is 7.70. The van der Waals surface area contributed by atoms with Crippen LogP contribution in [0.1, 0.15) is 0 Å². The Kier molecular flexibility index (Phi) is 3.05. The number of halogens is 2. The van der Waals surface area contributed by atoms with E-state index in [1.54, 1.807) is 0 Å². The Morgan fingerprint density at radius 3 is 2.75 bits per heavy atom. The Morgan fingerprint density at radius 1 is 1.44 bits per heavy atom. The number of ether oxygens (including phenoxy) is 1. The molecule has 0 fully saturated rings. The molecule has 16 heavy (non-hydrogen) atoms. The molecular formula is C10H8ClFN2O2. The van der Waals surface area contributed by atoms with E-state index in [0.717, 1.165) is 5.01 Å². The van der Waals surface area contributed by atoms with Crippen LogP contribution in [0, 0.1) is 5.82 Å². The third-order valence-corrected chi connectivity index (χ3v) is 2.22. The summed E-state index contributed by atoms with van der Waals surface area (Å²) < 4.78 is 17.7. The van der Waals surface area contributed by atoms with Crippen LogP contribution in [0.4, 0.5) is 10.1 Å². The molecule has 0 bridgehead atoms. The fourth-order valence-electron chi connectivity index (χ4n) is 1.25. The summed E-state index contributed by atoms with van der Waals surface area (Å²) in [6.45, 7) is -0.108. The minimum absolute atomic E-state index is 0.0883. The van der Waals surface area contributed by atoms with Crippen LogP contribution < -0.4 is 5.01 Å². The molecule has 0 N–H and O–H groups in total. The first kappa shape index (κ1) is 10.9. The van der Waals surface area contributed by atoms with E-state index >= 15 is 0 Å². The number of hydrogen-bond acceptors (Lipinski definition) is 3. The molecule has 0 spiro atoms. The van der Waals surface area contributed by atoms with Crippen LogP contribution >= 0.6 is 11.6 Å². The predicted octanol–water partition coefficient (Wildman–Crippen LogP) is 1.74. The number of hydrogen-bond donors (Lipinski definition) is 0. The maximum atomic E-state index is 12.7. The van der Waals surface area contributed by atoms with Crippen molar-refractivity contribution >= 4 is 29.1 Å². The number of alkyl halides is 1. The molecule has 0 saturated carbocycles. The van der Waals surface area contributed by atoms with E-state index in [1.165, 1.54) is 24.3 Å². The van der Waals surface area contributed by atoms with E-state index in [-0.39, 0.29) is 30.1 Å². The summed E-state index contributed by atoms with van der Waals surface area (Å²) in [6, 6.07) is 5.45. The van der Waals surface area contributed by atoms with E-state index in [9.17, 15) is 9.18 Å². The molecule has 1 aromatic rings. The number of rotatable bonds is 2. The Morgan fingerprint density at radius 2 is 2.12 bits per heavy atom. The molecule has 1 aliphatic heterocycles. The van der Waals surface area contributed by atoms with Crippen LogP contribution in [0.15, 0.2) is 29.4 Å². The van der Waals surface area contributed by atoms with Crippen molar-refractivity contribution in [2.75, 3.05) is 17.5 Å². The topological polar surface area (TPSA) is 41.9 Å². The number of hydrazone groups is 1. The molecule has 0 aliphatic carbocycles. The average Bonchev–Trinajstić information content (AvgIpc) is 2.31. The summed E-state index contributed by atoms with van der Waals surface area (Å²) in [5.74, 6) is -0.331. The molecular weight excluding hydrogens is 235 g/mol. The van der Waals surface area contributed by atoms with Gasteiger partial charge in [-0.3, -0.25) is 4.79 Å². The lowest BCUT2D eigenvalue weighted by Gasteiger charge is -2.22. The van der Waals surface area contributed by atoms with Crippen LogP contribution in [0.3, 0.4) is 0 Å². The summed E-state index contributed by atoms with van der Waals surface area (Å²) in [6.07, 6.45) is 0. The monoisotopic (exact) mass is 242 g/mol. The quantitative estimate of drug-likeness (QED) is 0.742. The van der Waals surface area contributed by atoms with Gasteiger partial charge >= 0.3 is 0 Å². The zero-order chi connectivity index (χ0) is 11.5. The van der Waals surface area contributed by atoms with Gasteiger partial charge < -0.3 is 4.74 Å². The molecule has 0 unspecified atom stereocenters. The summed E-state index contributed by atoms with van der Waals surface area (Å²) in [7, 11) is 0. The summed E-state index contributed by atoms with van der Waals surface area (Å²) in [5.41, 5.74) is 0.484. The van der Waals surface area contributed by atoms with Gasteiger partial charge in [-0.25, -0.2) is 4.39 Å². The van der Waals surface area contributed by atoms with Crippen molar-refractivity contribution in [2.45, 2.75) is 0 Å². The molecule has 1 amide bonds. The van der Waals surface area contributed by atoms with Crippen LogP contribution in [0.5, 0.6) is 0 Å². The molecule has 1 aliphatic rings.